The number of aryl methyl sites for hydroxylation is 2. The molecule has 0 unspecified atom stereocenters. The quantitative estimate of drug-likeness (QED) is 0.581. The average molecular weight is 315 g/mol. The Kier molecular flexibility index (Phi) is 2.61. The molecular formula is C14H11ClN6O. The predicted molar refractivity (Wildman–Crippen MR) is 83.8 cm³/mol. The second kappa shape index (κ2) is 4.41. The van der Waals surface area contributed by atoms with Gasteiger partial charge in [0.2, 0.25) is 0 Å². The topological polar surface area (TPSA) is 81.4 Å². The monoisotopic (exact) mass is 314 g/mol. The van der Waals surface area contributed by atoms with E-state index in [0.717, 1.165) is 10.9 Å². The minimum atomic E-state index is -0.170. The van der Waals surface area contributed by atoms with Crippen LogP contribution < -0.4 is 5.56 Å². The summed E-state index contributed by atoms with van der Waals surface area (Å²) in [4.78, 5) is 16.5. The van der Waals surface area contributed by atoms with Crippen LogP contribution in [-0.2, 0) is 14.1 Å². The number of H-pyrrole nitrogens is 1. The number of hydrogen-bond acceptors (Lipinski definition) is 4. The van der Waals surface area contributed by atoms with Gasteiger partial charge in [-0.25, -0.2) is 4.98 Å². The lowest BCUT2D eigenvalue weighted by molar-refractivity contribution is 0.780. The Bertz CT molecular complexity index is 1090. The first kappa shape index (κ1) is 13.0. The SMILES string of the molecule is Cn1cc2c(Cl)c(-c3n[nH]c4ncn(C)c(=O)c34)ccc2n1. The van der Waals surface area contributed by atoms with Crippen LogP contribution in [0.3, 0.4) is 0 Å². The summed E-state index contributed by atoms with van der Waals surface area (Å²) < 4.78 is 3.11. The Morgan fingerprint density at radius 3 is 2.91 bits per heavy atom. The summed E-state index contributed by atoms with van der Waals surface area (Å²) in [6.45, 7) is 0. The van der Waals surface area contributed by atoms with E-state index in [-0.39, 0.29) is 5.56 Å². The number of aromatic nitrogens is 6. The van der Waals surface area contributed by atoms with Crippen LogP contribution in [0, 0.1) is 0 Å². The zero-order chi connectivity index (χ0) is 15.4. The van der Waals surface area contributed by atoms with E-state index in [0.29, 0.717) is 27.3 Å². The first-order chi connectivity index (χ1) is 10.6. The Labute approximate surface area is 129 Å². The molecule has 0 saturated carbocycles. The fourth-order valence-corrected chi connectivity index (χ4v) is 2.86. The van der Waals surface area contributed by atoms with Crippen LogP contribution in [0.2, 0.25) is 5.02 Å². The Balaban J connectivity index is 2.09. The van der Waals surface area contributed by atoms with E-state index in [1.807, 2.05) is 25.4 Å². The first-order valence-corrected chi connectivity index (χ1v) is 6.96. The molecular weight excluding hydrogens is 304 g/mol. The van der Waals surface area contributed by atoms with Gasteiger partial charge in [-0.3, -0.25) is 14.6 Å². The number of benzene rings is 1. The van der Waals surface area contributed by atoms with E-state index >= 15 is 0 Å². The number of hydrogen-bond donors (Lipinski definition) is 1. The van der Waals surface area contributed by atoms with Gasteiger partial charge in [0, 0.05) is 31.2 Å². The molecule has 0 aliphatic heterocycles. The highest BCUT2D eigenvalue weighted by Crippen LogP contribution is 2.34. The number of nitrogens with one attached hydrogen (secondary N) is 1. The van der Waals surface area contributed by atoms with Gasteiger partial charge in [0.25, 0.3) is 5.56 Å². The van der Waals surface area contributed by atoms with Crippen molar-refractivity contribution in [2.45, 2.75) is 0 Å². The number of aromatic amines is 1. The maximum atomic E-state index is 12.4. The van der Waals surface area contributed by atoms with Gasteiger partial charge < -0.3 is 4.57 Å². The molecule has 3 aromatic heterocycles. The Hall–Kier alpha value is -2.67. The van der Waals surface area contributed by atoms with Crippen molar-refractivity contribution in [2.24, 2.45) is 14.1 Å². The molecule has 0 aliphatic carbocycles. The minimum absolute atomic E-state index is 0.170. The summed E-state index contributed by atoms with van der Waals surface area (Å²) in [5.41, 5.74) is 2.25. The first-order valence-electron chi connectivity index (χ1n) is 6.58. The molecule has 7 nitrogen and oxygen atoms in total. The van der Waals surface area contributed by atoms with E-state index in [1.165, 1.54) is 10.9 Å². The average Bonchev–Trinajstić information content (AvgIpc) is 3.07. The van der Waals surface area contributed by atoms with Crippen LogP contribution in [0.25, 0.3) is 33.2 Å². The van der Waals surface area contributed by atoms with Gasteiger partial charge in [-0.2, -0.15) is 10.2 Å². The normalized spacial score (nSPS) is 11.6. The van der Waals surface area contributed by atoms with Gasteiger partial charge in [0.05, 0.1) is 16.9 Å². The highest BCUT2D eigenvalue weighted by Gasteiger charge is 2.18. The molecule has 1 aromatic carbocycles. The van der Waals surface area contributed by atoms with Gasteiger partial charge in [0.1, 0.15) is 11.1 Å². The summed E-state index contributed by atoms with van der Waals surface area (Å²) >= 11 is 6.50. The van der Waals surface area contributed by atoms with Crippen molar-refractivity contribution in [3.05, 3.63) is 40.0 Å². The maximum absolute atomic E-state index is 12.4. The van der Waals surface area contributed by atoms with Crippen molar-refractivity contribution in [1.29, 1.82) is 0 Å². The molecule has 0 atom stereocenters. The van der Waals surface area contributed by atoms with Crippen LogP contribution in [0.1, 0.15) is 0 Å². The Morgan fingerprint density at radius 2 is 2.09 bits per heavy atom. The molecule has 3 heterocycles. The molecule has 4 rings (SSSR count). The molecule has 22 heavy (non-hydrogen) atoms. The molecule has 0 spiro atoms. The van der Waals surface area contributed by atoms with E-state index in [2.05, 4.69) is 20.3 Å². The van der Waals surface area contributed by atoms with Gasteiger partial charge >= 0.3 is 0 Å². The second-order valence-electron chi connectivity index (χ2n) is 5.12. The van der Waals surface area contributed by atoms with E-state index in [1.54, 1.807) is 11.7 Å². The number of fused-ring (bicyclic) bond motifs is 2. The lowest BCUT2D eigenvalue weighted by Crippen LogP contribution is -2.16. The molecule has 0 saturated heterocycles. The molecule has 0 aliphatic rings. The molecule has 0 radical (unpaired) electrons. The molecule has 4 aromatic rings. The van der Waals surface area contributed by atoms with Crippen LogP contribution in [-0.4, -0.2) is 29.5 Å². The van der Waals surface area contributed by atoms with Crippen molar-refractivity contribution >= 4 is 33.5 Å². The highest BCUT2D eigenvalue weighted by atomic mass is 35.5. The summed E-state index contributed by atoms with van der Waals surface area (Å²) in [7, 11) is 3.48. The number of nitrogens with zero attached hydrogens (tertiary/aromatic N) is 5. The number of rotatable bonds is 1. The lowest BCUT2D eigenvalue weighted by atomic mass is 10.1. The smallest absolute Gasteiger partial charge is 0.264 e. The molecule has 0 fully saturated rings. The molecule has 110 valence electrons. The summed E-state index contributed by atoms with van der Waals surface area (Å²) in [6, 6.07) is 3.68. The third kappa shape index (κ3) is 1.69. The number of halogens is 1. The summed E-state index contributed by atoms with van der Waals surface area (Å²) in [5, 5.41) is 13.1. The van der Waals surface area contributed by atoms with Crippen LogP contribution in [0.15, 0.2) is 29.5 Å². The van der Waals surface area contributed by atoms with Crippen molar-refractivity contribution < 1.29 is 0 Å². The van der Waals surface area contributed by atoms with Crippen LogP contribution in [0.5, 0.6) is 0 Å². The third-order valence-electron chi connectivity index (χ3n) is 3.63. The largest absolute Gasteiger partial charge is 0.302 e. The standard InChI is InChI=1S/C14H11ClN6O/c1-20-6-16-13-10(14(20)22)12(17-18-13)7-3-4-9-8(11(7)15)5-21(2)19-9/h3-6H,1-2H3,(H,17,18). The van der Waals surface area contributed by atoms with Crippen molar-refractivity contribution in [1.82, 2.24) is 29.5 Å². The van der Waals surface area contributed by atoms with E-state index in [4.69, 9.17) is 11.6 Å². The van der Waals surface area contributed by atoms with Crippen LogP contribution in [0.4, 0.5) is 0 Å². The predicted octanol–water partition coefficient (Wildman–Crippen LogP) is 1.86. The molecule has 8 heteroatoms. The summed E-state index contributed by atoms with van der Waals surface area (Å²) in [6.07, 6.45) is 3.30. The molecule has 0 amide bonds. The van der Waals surface area contributed by atoms with E-state index in [9.17, 15) is 4.79 Å². The highest BCUT2D eigenvalue weighted by molar-refractivity contribution is 6.38. The fourth-order valence-electron chi connectivity index (χ4n) is 2.56. The molecule has 0 bridgehead atoms. The fraction of sp³-hybridized carbons (Fsp3) is 0.143. The zero-order valence-corrected chi connectivity index (χ0v) is 12.6. The van der Waals surface area contributed by atoms with Crippen molar-refractivity contribution in [3.63, 3.8) is 0 Å². The van der Waals surface area contributed by atoms with Gasteiger partial charge in [0.15, 0.2) is 5.65 Å². The lowest BCUT2D eigenvalue weighted by Gasteiger charge is -2.02. The van der Waals surface area contributed by atoms with Gasteiger partial charge in [-0.1, -0.05) is 11.6 Å². The van der Waals surface area contributed by atoms with Crippen molar-refractivity contribution in [2.75, 3.05) is 0 Å². The van der Waals surface area contributed by atoms with Gasteiger partial charge in [-0.05, 0) is 12.1 Å². The van der Waals surface area contributed by atoms with Crippen LogP contribution >= 0.6 is 11.6 Å². The van der Waals surface area contributed by atoms with Gasteiger partial charge in [-0.15, -0.1) is 0 Å². The molecule has 1 N–H and O–H groups in total. The zero-order valence-electron chi connectivity index (χ0n) is 11.8. The summed E-state index contributed by atoms with van der Waals surface area (Å²) in [5.74, 6) is 0. The van der Waals surface area contributed by atoms with Crippen molar-refractivity contribution in [3.8, 4) is 11.3 Å². The minimum Gasteiger partial charge on any atom is -0.302 e. The van der Waals surface area contributed by atoms with E-state index < -0.39 is 0 Å². The Morgan fingerprint density at radius 1 is 1.27 bits per heavy atom. The second-order valence-corrected chi connectivity index (χ2v) is 5.50. The third-order valence-corrected chi connectivity index (χ3v) is 4.04. The maximum Gasteiger partial charge on any atom is 0.264 e.